The van der Waals surface area contributed by atoms with Gasteiger partial charge in [0.15, 0.2) is 0 Å². The number of nitriles is 1. The summed E-state index contributed by atoms with van der Waals surface area (Å²) >= 11 is 5.73. The fourth-order valence-corrected chi connectivity index (χ4v) is 1.95. The third-order valence-corrected chi connectivity index (χ3v) is 3.29. The van der Waals surface area contributed by atoms with Gasteiger partial charge in [0.05, 0.1) is 5.56 Å². The molecule has 0 fully saturated rings. The number of hydrogen-bond acceptors (Lipinski definition) is 3. The molecule has 0 aliphatic carbocycles. The summed E-state index contributed by atoms with van der Waals surface area (Å²) in [7, 11) is 0. The van der Waals surface area contributed by atoms with Gasteiger partial charge in [-0.15, -0.1) is 0 Å². The second-order valence-corrected chi connectivity index (χ2v) is 5.29. The summed E-state index contributed by atoms with van der Waals surface area (Å²) in [5.74, 6) is -0.704. The third-order valence-electron chi connectivity index (χ3n) is 3.04. The number of alkyl halides is 3. The van der Waals surface area contributed by atoms with Gasteiger partial charge in [-0.2, -0.15) is 18.4 Å². The summed E-state index contributed by atoms with van der Waals surface area (Å²) in [4.78, 5) is 12.0. The molecule has 0 saturated carbocycles. The number of amides is 1. The van der Waals surface area contributed by atoms with Crippen LogP contribution in [-0.2, 0) is 11.0 Å². The Hall–Kier alpha value is -2.98. The highest BCUT2D eigenvalue weighted by molar-refractivity contribution is 6.30. The average molecular weight is 366 g/mol. The van der Waals surface area contributed by atoms with E-state index >= 15 is 0 Å². The molecule has 0 saturated heterocycles. The van der Waals surface area contributed by atoms with Crippen LogP contribution in [0.1, 0.15) is 5.56 Å². The Balaban J connectivity index is 2.11. The number of carbonyl (C=O) groups is 1. The number of rotatable bonds is 4. The van der Waals surface area contributed by atoms with Gasteiger partial charge in [0.1, 0.15) is 11.6 Å². The molecule has 0 radical (unpaired) electrons. The maximum Gasteiger partial charge on any atom is 0.416 e. The molecule has 4 nitrogen and oxygen atoms in total. The quantitative estimate of drug-likeness (QED) is 0.603. The van der Waals surface area contributed by atoms with E-state index in [-0.39, 0.29) is 11.3 Å². The van der Waals surface area contributed by atoms with E-state index in [4.69, 9.17) is 16.9 Å². The lowest BCUT2D eigenvalue weighted by Crippen LogP contribution is -2.14. The number of anilines is 2. The van der Waals surface area contributed by atoms with E-state index in [1.807, 2.05) is 0 Å². The fraction of sp³-hybridized carbons (Fsp3) is 0.0588. The van der Waals surface area contributed by atoms with Crippen LogP contribution in [0.25, 0.3) is 0 Å². The molecule has 0 atom stereocenters. The summed E-state index contributed by atoms with van der Waals surface area (Å²) in [6, 6.07) is 12.3. The van der Waals surface area contributed by atoms with Crippen LogP contribution in [0.4, 0.5) is 24.5 Å². The fourth-order valence-electron chi connectivity index (χ4n) is 1.82. The summed E-state index contributed by atoms with van der Waals surface area (Å²) < 4.78 is 38.0. The molecule has 25 heavy (non-hydrogen) atoms. The minimum atomic E-state index is -4.48. The first-order valence-electron chi connectivity index (χ1n) is 6.90. The van der Waals surface area contributed by atoms with Gasteiger partial charge in [-0.25, -0.2) is 0 Å². The molecule has 0 aromatic heterocycles. The maximum atomic E-state index is 12.7. The molecular formula is C17H11ClF3N3O. The van der Waals surface area contributed by atoms with Crippen LogP contribution in [0.5, 0.6) is 0 Å². The van der Waals surface area contributed by atoms with Gasteiger partial charge in [-0.3, -0.25) is 4.79 Å². The van der Waals surface area contributed by atoms with Crippen molar-refractivity contribution in [1.82, 2.24) is 0 Å². The Morgan fingerprint density at radius 1 is 1.12 bits per heavy atom. The second-order valence-electron chi connectivity index (χ2n) is 4.85. The topological polar surface area (TPSA) is 64.9 Å². The van der Waals surface area contributed by atoms with E-state index in [0.29, 0.717) is 10.7 Å². The van der Waals surface area contributed by atoms with Crippen LogP contribution >= 0.6 is 11.6 Å². The van der Waals surface area contributed by atoms with E-state index in [0.717, 1.165) is 18.3 Å². The average Bonchev–Trinajstić information content (AvgIpc) is 2.57. The van der Waals surface area contributed by atoms with E-state index in [2.05, 4.69) is 10.6 Å². The first-order valence-corrected chi connectivity index (χ1v) is 7.28. The first kappa shape index (κ1) is 18.4. The Labute approximate surface area is 146 Å². The molecule has 2 N–H and O–H groups in total. The number of nitrogens with zero attached hydrogens (tertiary/aromatic N) is 1. The highest BCUT2D eigenvalue weighted by atomic mass is 35.5. The summed E-state index contributed by atoms with van der Waals surface area (Å²) in [6.45, 7) is 0. The predicted octanol–water partition coefficient (Wildman–Crippen LogP) is 4.82. The van der Waals surface area contributed by atoms with Crippen molar-refractivity contribution in [3.63, 3.8) is 0 Å². The number of benzene rings is 2. The molecular weight excluding hydrogens is 355 g/mol. The zero-order chi connectivity index (χ0) is 18.4. The van der Waals surface area contributed by atoms with Gasteiger partial charge in [-0.05, 0) is 42.5 Å². The van der Waals surface area contributed by atoms with Crippen LogP contribution < -0.4 is 10.6 Å². The van der Waals surface area contributed by atoms with Crippen LogP contribution in [0.2, 0.25) is 5.02 Å². The van der Waals surface area contributed by atoms with Crippen LogP contribution in [0.15, 0.2) is 60.3 Å². The molecule has 128 valence electrons. The molecule has 0 unspecified atom stereocenters. The Morgan fingerprint density at radius 3 is 2.40 bits per heavy atom. The molecule has 0 aliphatic heterocycles. The van der Waals surface area contributed by atoms with E-state index in [1.54, 1.807) is 30.3 Å². The SMILES string of the molecule is N#C/C(=C/Nc1cccc(C(F)(F)F)c1)C(=O)Nc1ccc(Cl)cc1. The van der Waals surface area contributed by atoms with Gasteiger partial charge in [0.25, 0.3) is 5.91 Å². The normalized spacial score (nSPS) is 11.6. The van der Waals surface area contributed by atoms with Crippen molar-refractivity contribution in [3.05, 3.63) is 70.9 Å². The largest absolute Gasteiger partial charge is 0.416 e. The van der Waals surface area contributed by atoms with Gasteiger partial charge in [0, 0.05) is 22.6 Å². The van der Waals surface area contributed by atoms with Crippen LogP contribution in [0.3, 0.4) is 0 Å². The zero-order valence-electron chi connectivity index (χ0n) is 12.6. The Kier molecular flexibility index (Phi) is 5.67. The van der Waals surface area contributed by atoms with Gasteiger partial charge < -0.3 is 10.6 Å². The summed E-state index contributed by atoms with van der Waals surface area (Å²) in [6.07, 6.45) is -3.44. The number of carbonyl (C=O) groups excluding carboxylic acids is 1. The summed E-state index contributed by atoms with van der Waals surface area (Å²) in [5.41, 5.74) is -0.612. The number of hydrogen-bond donors (Lipinski definition) is 2. The van der Waals surface area contributed by atoms with Crippen molar-refractivity contribution >= 4 is 28.9 Å². The zero-order valence-corrected chi connectivity index (χ0v) is 13.3. The van der Waals surface area contributed by atoms with Gasteiger partial charge >= 0.3 is 6.18 Å². The lowest BCUT2D eigenvalue weighted by atomic mass is 10.2. The lowest BCUT2D eigenvalue weighted by Gasteiger charge is -2.09. The lowest BCUT2D eigenvalue weighted by molar-refractivity contribution is -0.137. The second kappa shape index (κ2) is 7.73. The first-order chi connectivity index (χ1) is 11.8. The van der Waals surface area contributed by atoms with Gasteiger partial charge in [0.2, 0.25) is 0 Å². The standard InChI is InChI=1S/C17H11ClF3N3O/c18-13-4-6-14(7-5-13)24-16(25)11(9-22)10-23-15-3-1-2-12(8-15)17(19,20)21/h1-8,10,23H,(H,24,25)/b11-10-. The third kappa shape index (κ3) is 5.26. The predicted molar refractivity (Wildman–Crippen MR) is 88.8 cm³/mol. The number of nitrogens with one attached hydrogen (secondary N) is 2. The Morgan fingerprint density at radius 2 is 1.80 bits per heavy atom. The highest BCUT2D eigenvalue weighted by Crippen LogP contribution is 2.30. The molecule has 1 amide bonds. The van der Waals surface area contributed by atoms with Crippen LogP contribution in [0, 0.1) is 11.3 Å². The molecule has 8 heteroatoms. The summed E-state index contributed by atoms with van der Waals surface area (Å²) in [5, 5.41) is 14.5. The smallest absolute Gasteiger partial charge is 0.360 e. The minimum absolute atomic E-state index is 0.0990. The highest BCUT2D eigenvalue weighted by Gasteiger charge is 2.30. The molecule has 0 heterocycles. The van der Waals surface area contributed by atoms with Crippen molar-refractivity contribution in [3.8, 4) is 6.07 Å². The van der Waals surface area contributed by atoms with E-state index in [1.165, 1.54) is 12.1 Å². The van der Waals surface area contributed by atoms with Crippen molar-refractivity contribution < 1.29 is 18.0 Å². The molecule has 2 aromatic rings. The van der Waals surface area contributed by atoms with Crippen molar-refractivity contribution in [2.45, 2.75) is 6.18 Å². The van der Waals surface area contributed by atoms with Crippen molar-refractivity contribution in [2.24, 2.45) is 0 Å². The van der Waals surface area contributed by atoms with Crippen molar-refractivity contribution in [1.29, 1.82) is 5.26 Å². The minimum Gasteiger partial charge on any atom is -0.360 e. The van der Waals surface area contributed by atoms with Crippen LogP contribution in [-0.4, -0.2) is 5.91 Å². The number of halogens is 4. The molecule has 0 aliphatic rings. The molecule has 0 spiro atoms. The maximum absolute atomic E-state index is 12.7. The Bertz CT molecular complexity index is 839. The van der Waals surface area contributed by atoms with E-state index < -0.39 is 17.6 Å². The molecule has 2 aromatic carbocycles. The van der Waals surface area contributed by atoms with Crippen molar-refractivity contribution in [2.75, 3.05) is 10.6 Å². The molecule has 0 bridgehead atoms. The van der Waals surface area contributed by atoms with Gasteiger partial charge in [-0.1, -0.05) is 17.7 Å². The van der Waals surface area contributed by atoms with E-state index in [9.17, 15) is 18.0 Å². The monoisotopic (exact) mass is 365 g/mol. The molecule has 2 rings (SSSR count).